The smallest absolute Gasteiger partial charge is 0.338 e. The van der Waals surface area contributed by atoms with Crippen molar-refractivity contribution in [3.63, 3.8) is 0 Å². The number of ether oxygens (including phenoxy) is 2. The lowest BCUT2D eigenvalue weighted by atomic mass is 10.0. The van der Waals surface area contributed by atoms with Crippen molar-refractivity contribution in [2.75, 3.05) is 37.8 Å². The zero-order chi connectivity index (χ0) is 20.2. The van der Waals surface area contributed by atoms with Crippen molar-refractivity contribution in [1.29, 1.82) is 0 Å². The third-order valence-corrected chi connectivity index (χ3v) is 4.88. The highest BCUT2D eigenvalue weighted by molar-refractivity contribution is 5.91. The fourth-order valence-corrected chi connectivity index (χ4v) is 3.48. The third kappa shape index (κ3) is 4.14. The van der Waals surface area contributed by atoms with E-state index < -0.39 is 0 Å². The van der Waals surface area contributed by atoms with E-state index in [4.69, 9.17) is 9.47 Å². The largest absolute Gasteiger partial charge is 0.462 e. The van der Waals surface area contributed by atoms with Crippen LogP contribution in [0.2, 0.25) is 0 Å². The van der Waals surface area contributed by atoms with Crippen LogP contribution in [0.3, 0.4) is 0 Å². The molecule has 3 heterocycles. The van der Waals surface area contributed by atoms with E-state index in [0.29, 0.717) is 17.9 Å². The van der Waals surface area contributed by atoms with Crippen LogP contribution in [0.15, 0.2) is 48.8 Å². The molecule has 2 aromatic heterocycles. The molecule has 0 saturated carbocycles. The number of morpholine rings is 1. The molecule has 1 aliphatic heterocycles. The molecule has 1 aromatic carbocycles. The fraction of sp³-hybridized carbons (Fsp3) is 0.318. The van der Waals surface area contributed by atoms with E-state index in [1.54, 1.807) is 29.9 Å². The molecule has 1 aliphatic rings. The van der Waals surface area contributed by atoms with Gasteiger partial charge in [-0.15, -0.1) is 0 Å². The first-order valence-corrected chi connectivity index (χ1v) is 9.76. The average molecular weight is 392 g/mol. The maximum atomic E-state index is 12.1. The quantitative estimate of drug-likeness (QED) is 0.621. The van der Waals surface area contributed by atoms with Gasteiger partial charge in [0, 0.05) is 43.8 Å². The number of aromatic nitrogens is 3. The zero-order valence-electron chi connectivity index (χ0n) is 16.7. The number of esters is 1. The second-order valence-corrected chi connectivity index (χ2v) is 6.87. The molecule has 3 aromatic rings. The van der Waals surface area contributed by atoms with Gasteiger partial charge < -0.3 is 14.4 Å². The van der Waals surface area contributed by atoms with Crippen molar-refractivity contribution < 1.29 is 14.3 Å². The van der Waals surface area contributed by atoms with Gasteiger partial charge in [-0.05, 0) is 36.8 Å². The second-order valence-electron chi connectivity index (χ2n) is 6.87. The number of carbonyl (C=O) groups is 1. The summed E-state index contributed by atoms with van der Waals surface area (Å²) in [6.45, 7) is 5.37. The molecule has 7 nitrogen and oxygen atoms in total. The Morgan fingerprint density at radius 2 is 2.03 bits per heavy atom. The van der Waals surface area contributed by atoms with E-state index in [9.17, 15) is 4.79 Å². The Balaban J connectivity index is 1.71. The first-order chi connectivity index (χ1) is 14.2. The first-order valence-electron chi connectivity index (χ1n) is 9.76. The summed E-state index contributed by atoms with van der Waals surface area (Å²) in [4.78, 5) is 18.9. The molecule has 0 spiro atoms. The highest BCUT2D eigenvalue weighted by Crippen LogP contribution is 2.32. The Labute approximate surface area is 169 Å². The van der Waals surface area contributed by atoms with E-state index in [0.717, 1.165) is 48.8 Å². The van der Waals surface area contributed by atoms with Gasteiger partial charge in [-0.3, -0.25) is 9.67 Å². The van der Waals surface area contributed by atoms with E-state index in [-0.39, 0.29) is 5.97 Å². The molecule has 1 saturated heterocycles. The van der Waals surface area contributed by atoms with Crippen LogP contribution < -0.4 is 4.90 Å². The topological polar surface area (TPSA) is 69.5 Å². The van der Waals surface area contributed by atoms with Crippen molar-refractivity contribution in [1.82, 2.24) is 14.8 Å². The molecule has 29 heavy (non-hydrogen) atoms. The van der Waals surface area contributed by atoms with Gasteiger partial charge in [0.2, 0.25) is 0 Å². The fourth-order valence-electron chi connectivity index (χ4n) is 3.48. The van der Waals surface area contributed by atoms with Gasteiger partial charge in [-0.2, -0.15) is 5.10 Å². The molecule has 0 N–H and O–H groups in total. The van der Waals surface area contributed by atoms with Crippen LogP contribution in [0.4, 0.5) is 5.69 Å². The van der Waals surface area contributed by atoms with Crippen LogP contribution in [0.25, 0.3) is 22.5 Å². The lowest BCUT2D eigenvalue weighted by Crippen LogP contribution is -2.36. The van der Waals surface area contributed by atoms with Crippen LogP contribution in [-0.4, -0.2) is 53.6 Å². The minimum Gasteiger partial charge on any atom is -0.462 e. The molecule has 4 rings (SSSR count). The number of pyridine rings is 1. The Morgan fingerprint density at radius 3 is 2.83 bits per heavy atom. The molecular formula is C22H24N4O3. The van der Waals surface area contributed by atoms with Gasteiger partial charge in [-0.1, -0.05) is 12.1 Å². The second kappa shape index (κ2) is 8.45. The zero-order valence-corrected chi connectivity index (χ0v) is 16.7. The average Bonchev–Trinajstić information content (AvgIpc) is 3.16. The molecule has 0 amide bonds. The summed E-state index contributed by atoms with van der Waals surface area (Å²) in [5.41, 5.74) is 5.03. The summed E-state index contributed by atoms with van der Waals surface area (Å²) < 4.78 is 12.3. The van der Waals surface area contributed by atoms with Crippen molar-refractivity contribution >= 4 is 11.7 Å². The molecule has 0 radical (unpaired) electrons. The van der Waals surface area contributed by atoms with E-state index >= 15 is 0 Å². The predicted molar refractivity (Wildman–Crippen MR) is 111 cm³/mol. The molecule has 0 aliphatic carbocycles. The van der Waals surface area contributed by atoms with Gasteiger partial charge in [0.25, 0.3) is 0 Å². The number of benzene rings is 1. The molecular weight excluding hydrogens is 368 g/mol. The minimum absolute atomic E-state index is 0.333. The van der Waals surface area contributed by atoms with E-state index in [1.807, 2.05) is 13.2 Å². The van der Waals surface area contributed by atoms with Gasteiger partial charge in [-0.25, -0.2) is 4.79 Å². The summed E-state index contributed by atoms with van der Waals surface area (Å²) in [5, 5.41) is 4.61. The Morgan fingerprint density at radius 1 is 1.21 bits per heavy atom. The molecule has 0 atom stereocenters. The van der Waals surface area contributed by atoms with Crippen molar-refractivity contribution in [3.05, 3.63) is 54.4 Å². The van der Waals surface area contributed by atoms with Gasteiger partial charge in [0.05, 0.1) is 31.1 Å². The standard InChI is InChI=1S/C22H24N4O3/c1-3-29-22(27)17-7-8-23-20(14-17)21-19(15-25(2)24-21)16-5-4-6-18(13-16)26-9-11-28-12-10-26/h4-8,13-15H,3,9-12H2,1-2H3. The minimum atomic E-state index is -0.358. The number of aryl methyl sites for hydroxylation is 1. The van der Waals surface area contributed by atoms with Crippen molar-refractivity contribution in [2.45, 2.75) is 6.92 Å². The Bertz CT molecular complexity index is 1010. The summed E-state index contributed by atoms with van der Waals surface area (Å²) in [7, 11) is 1.88. The van der Waals surface area contributed by atoms with Crippen LogP contribution in [0.1, 0.15) is 17.3 Å². The highest BCUT2D eigenvalue weighted by Gasteiger charge is 2.17. The molecule has 0 bridgehead atoms. The SMILES string of the molecule is CCOC(=O)c1ccnc(-c2nn(C)cc2-c2cccc(N3CCOCC3)c2)c1. The van der Waals surface area contributed by atoms with Crippen LogP contribution in [0, 0.1) is 0 Å². The van der Waals surface area contributed by atoms with Crippen LogP contribution in [-0.2, 0) is 16.5 Å². The van der Waals surface area contributed by atoms with Crippen LogP contribution in [0.5, 0.6) is 0 Å². The highest BCUT2D eigenvalue weighted by atomic mass is 16.5. The first kappa shape index (κ1) is 19.1. The normalized spacial score (nSPS) is 14.1. The number of rotatable bonds is 5. The predicted octanol–water partition coefficient (Wildman–Crippen LogP) is 3.16. The number of carbonyl (C=O) groups excluding carboxylic acids is 1. The number of hydrogen-bond donors (Lipinski definition) is 0. The summed E-state index contributed by atoms with van der Waals surface area (Å²) >= 11 is 0. The van der Waals surface area contributed by atoms with E-state index in [1.165, 1.54) is 0 Å². The maximum Gasteiger partial charge on any atom is 0.338 e. The monoisotopic (exact) mass is 392 g/mol. The van der Waals surface area contributed by atoms with Gasteiger partial charge in [0.15, 0.2) is 0 Å². The maximum absolute atomic E-state index is 12.1. The number of nitrogens with zero attached hydrogens (tertiary/aromatic N) is 4. The third-order valence-electron chi connectivity index (χ3n) is 4.88. The van der Waals surface area contributed by atoms with Crippen LogP contribution >= 0.6 is 0 Å². The van der Waals surface area contributed by atoms with Gasteiger partial charge >= 0.3 is 5.97 Å². The molecule has 7 heteroatoms. The lowest BCUT2D eigenvalue weighted by Gasteiger charge is -2.29. The van der Waals surface area contributed by atoms with Crippen molar-refractivity contribution in [3.8, 4) is 22.5 Å². The summed E-state index contributed by atoms with van der Waals surface area (Å²) in [6.07, 6.45) is 3.59. The Kier molecular flexibility index (Phi) is 5.57. The number of hydrogen-bond acceptors (Lipinski definition) is 6. The lowest BCUT2D eigenvalue weighted by molar-refractivity contribution is 0.0526. The van der Waals surface area contributed by atoms with Gasteiger partial charge in [0.1, 0.15) is 5.69 Å². The summed E-state index contributed by atoms with van der Waals surface area (Å²) in [6, 6.07) is 11.8. The number of anilines is 1. The van der Waals surface area contributed by atoms with E-state index in [2.05, 4.69) is 39.2 Å². The molecule has 1 fully saturated rings. The van der Waals surface area contributed by atoms with Crippen molar-refractivity contribution in [2.24, 2.45) is 7.05 Å². The Hall–Kier alpha value is -3.19. The molecule has 0 unspecified atom stereocenters. The molecule has 150 valence electrons. The summed E-state index contributed by atoms with van der Waals surface area (Å²) in [5.74, 6) is -0.358.